The molecule has 1 heterocycles. The molecule has 27 heavy (non-hydrogen) atoms. The molecule has 0 saturated carbocycles. The van der Waals surface area contributed by atoms with E-state index in [2.05, 4.69) is 20.2 Å². The largest absolute Gasteiger partial charge is 0.300 e. The van der Waals surface area contributed by atoms with Gasteiger partial charge in [-0.2, -0.15) is 0 Å². The summed E-state index contributed by atoms with van der Waals surface area (Å²) in [5.74, 6) is -0.290. The average Bonchev–Trinajstić information content (AvgIpc) is 3.08. The molecule has 146 valence electrons. The summed E-state index contributed by atoms with van der Waals surface area (Å²) in [6.45, 7) is 2.08. The van der Waals surface area contributed by atoms with Gasteiger partial charge in [-0.15, -0.1) is 10.2 Å². The minimum Gasteiger partial charge on any atom is -0.300 e. The molecule has 0 aliphatic heterocycles. The molecule has 3 rings (SSSR count). The number of anilines is 1. The molecule has 2 N–H and O–H groups in total. The number of hydrogen-bond donors (Lipinski definition) is 2. The number of aromatic nitrogens is 2. The maximum Gasteiger partial charge on any atom is 0.240 e. The topological polar surface area (TPSA) is 101 Å². The Hall–Kier alpha value is -1.84. The van der Waals surface area contributed by atoms with Crippen LogP contribution in [0.1, 0.15) is 48.7 Å². The number of nitrogens with zero attached hydrogens (tertiary/aromatic N) is 2. The molecule has 9 heteroatoms. The second-order valence-electron chi connectivity index (χ2n) is 6.58. The van der Waals surface area contributed by atoms with Gasteiger partial charge in [0.1, 0.15) is 5.01 Å². The molecule has 0 atom stereocenters. The van der Waals surface area contributed by atoms with Crippen molar-refractivity contribution in [3.05, 3.63) is 34.3 Å². The van der Waals surface area contributed by atoms with E-state index >= 15 is 0 Å². The van der Waals surface area contributed by atoms with Crippen LogP contribution >= 0.6 is 11.3 Å². The van der Waals surface area contributed by atoms with Gasteiger partial charge in [-0.25, -0.2) is 13.1 Å². The first kappa shape index (κ1) is 19.9. The number of carbonyl (C=O) groups excluding carboxylic acids is 1. The molecule has 0 fully saturated rings. The van der Waals surface area contributed by atoms with E-state index in [1.54, 1.807) is 12.1 Å². The molecular formula is C18H24N4O3S2. The van der Waals surface area contributed by atoms with Crippen LogP contribution < -0.4 is 10.0 Å². The lowest BCUT2D eigenvalue weighted by atomic mass is 9.92. The zero-order valence-corrected chi connectivity index (χ0v) is 17.0. The fraction of sp³-hybridized carbons (Fsp3) is 0.500. The fourth-order valence-electron chi connectivity index (χ4n) is 3.06. The van der Waals surface area contributed by atoms with Crippen LogP contribution in [0, 0.1) is 0 Å². The smallest absolute Gasteiger partial charge is 0.240 e. The first-order valence-corrected chi connectivity index (χ1v) is 11.5. The number of carbonyl (C=O) groups is 1. The standard InChI is InChI=1S/C18H24N4O3S2/c1-2-5-17-21-22-18(26-17)20-16(23)10-11-19-27(24,25)15-9-8-13-6-3-4-7-14(13)12-15/h8-9,12,19H,2-7,10-11H2,1H3,(H,20,22,23). The van der Waals surface area contributed by atoms with Crippen LogP contribution in [-0.2, 0) is 34.1 Å². The summed E-state index contributed by atoms with van der Waals surface area (Å²) in [7, 11) is -3.62. The van der Waals surface area contributed by atoms with E-state index in [1.165, 1.54) is 16.9 Å². The molecule has 1 amide bonds. The predicted octanol–water partition coefficient (Wildman–Crippen LogP) is 2.68. The number of aryl methyl sites for hydroxylation is 3. The number of benzene rings is 1. The SMILES string of the molecule is CCCc1nnc(NC(=O)CCNS(=O)(=O)c2ccc3c(c2)CCCC3)s1. The Balaban J connectivity index is 1.52. The van der Waals surface area contributed by atoms with Crippen LogP contribution in [0.4, 0.5) is 5.13 Å². The molecule has 0 spiro atoms. The van der Waals surface area contributed by atoms with Gasteiger partial charge in [0.25, 0.3) is 0 Å². The van der Waals surface area contributed by atoms with Crippen molar-refractivity contribution >= 4 is 32.4 Å². The van der Waals surface area contributed by atoms with E-state index in [-0.39, 0.29) is 23.8 Å². The molecule has 0 unspecified atom stereocenters. The van der Waals surface area contributed by atoms with Crippen molar-refractivity contribution in [1.29, 1.82) is 0 Å². The Kier molecular flexibility index (Phi) is 6.56. The van der Waals surface area contributed by atoms with Crippen molar-refractivity contribution in [2.75, 3.05) is 11.9 Å². The van der Waals surface area contributed by atoms with Gasteiger partial charge in [-0.3, -0.25) is 4.79 Å². The summed E-state index contributed by atoms with van der Waals surface area (Å²) < 4.78 is 27.4. The fourth-order valence-corrected chi connectivity index (χ4v) is 5.00. The second kappa shape index (κ2) is 8.90. The summed E-state index contributed by atoms with van der Waals surface area (Å²) in [5, 5.41) is 11.9. The van der Waals surface area contributed by atoms with E-state index in [9.17, 15) is 13.2 Å². The highest BCUT2D eigenvalue weighted by Gasteiger charge is 2.18. The van der Waals surface area contributed by atoms with Gasteiger partial charge in [-0.05, 0) is 55.4 Å². The monoisotopic (exact) mass is 408 g/mol. The summed E-state index contributed by atoms with van der Waals surface area (Å²) in [6.07, 6.45) is 6.00. The summed E-state index contributed by atoms with van der Waals surface area (Å²) >= 11 is 1.34. The van der Waals surface area contributed by atoms with Crippen LogP contribution in [-0.4, -0.2) is 31.1 Å². The molecule has 1 aromatic carbocycles. The Labute approximate surface area is 163 Å². The third-order valence-corrected chi connectivity index (χ3v) is 6.81. The van der Waals surface area contributed by atoms with Crippen LogP contribution in [0.25, 0.3) is 0 Å². The van der Waals surface area contributed by atoms with E-state index in [1.807, 2.05) is 13.0 Å². The van der Waals surface area contributed by atoms with Crippen molar-refractivity contribution in [2.24, 2.45) is 0 Å². The summed E-state index contributed by atoms with van der Waals surface area (Å²) in [5.41, 5.74) is 2.35. The van der Waals surface area contributed by atoms with Gasteiger partial charge < -0.3 is 5.32 Å². The molecule has 1 aliphatic carbocycles. The molecule has 2 aromatic rings. The zero-order chi connectivity index (χ0) is 19.3. The highest BCUT2D eigenvalue weighted by atomic mass is 32.2. The average molecular weight is 409 g/mol. The molecule has 1 aromatic heterocycles. The lowest BCUT2D eigenvalue weighted by Crippen LogP contribution is -2.28. The van der Waals surface area contributed by atoms with Gasteiger partial charge in [0.2, 0.25) is 21.1 Å². The van der Waals surface area contributed by atoms with Crippen LogP contribution in [0.2, 0.25) is 0 Å². The molecular weight excluding hydrogens is 384 g/mol. The van der Waals surface area contributed by atoms with Crippen molar-refractivity contribution in [3.8, 4) is 0 Å². The van der Waals surface area contributed by atoms with Gasteiger partial charge in [0, 0.05) is 19.4 Å². The van der Waals surface area contributed by atoms with Crippen LogP contribution in [0.15, 0.2) is 23.1 Å². The predicted molar refractivity (Wildman–Crippen MR) is 105 cm³/mol. The number of fused-ring (bicyclic) bond motifs is 1. The van der Waals surface area contributed by atoms with Gasteiger partial charge in [-0.1, -0.05) is 24.3 Å². The Morgan fingerprint density at radius 3 is 2.74 bits per heavy atom. The van der Waals surface area contributed by atoms with Crippen LogP contribution in [0.3, 0.4) is 0 Å². The number of hydrogen-bond acceptors (Lipinski definition) is 6. The maximum atomic E-state index is 12.5. The van der Waals surface area contributed by atoms with Gasteiger partial charge >= 0.3 is 0 Å². The van der Waals surface area contributed by atoms with Crippen molar-refractivity contribution in [3.63, 3.8) is 0 Å². The number of sulfonamides is 1. The minimum absolute atomic E-state index is 0.0336. The number of rotatable bonds is 8. The molecule has 0 saturated heterocycles. The lowest BCUT2D eigenvalue weighted by Gasteiger charge is -2.16. The van der Waals surface area contributed by atoms with E-state index in [0.717, 1.165) is 49.1 Å². The van der Waals surface area contributed by atoms with Gasteiger partial charge in [0.15, 0.2) is 0 Å². The second-order valence-corrected chi connectivity index (χ2v) is 9.41. The molecule has 0 radical (unpaired) electrons. The number of nitrogens with one attached hydrogen (secondary N) is 2. The molecule has 1 aliphatic rings. The first-order valence-electron chi connectivity index (χ1n) is 9.21. The molecule has 7 nitrogen and oxygen atoms in total. The van der Waals surface area contributed by atoms with Crippen LogP contribution in [0.5, 0.6) is 0 Å². The summed E-state index contributed by atoms with van der Waals surface area (Å²) in [6, 6.07) is 5.30. The Morgan fingerprint density at radius 2 is 1.96 bits per heavy atom. The number of amides is 1. The highest BCUT2D eigenvalue weighted by Crippen LogP contribution is 2.24. The highest BCUT2D eigenvalue weighted by molar-refractivity contribution is 7.89. The van der Waals surface area contributed by atoms with Crippen molar-refractivity contribution in [2.45, 2.75) is 56.8 Å². The summed E-state index contributed by atoms with van der Waals surface area (Å²) in [4.78, 5) is 12.2. The van der Waals surface area contributed by atoms with Crippen molar-refractivity contribution < 1.29 is 13.2 Å². The first-order chi connectivity index (χ1) is 13.0. The zero-order valence-electron chi connectivity index (χ0n) is 15.3. The normalized spacial score (nSPS) is 14.0. The quantitative estimate of drug-likeness (QED) is 0.699. The maximum absolute atomic E-state index is 12.5. The van der Waals surface area contributed by atoms with E-state index in [0.29, 0.717) is 5.13 Å². The van der Waals surface area contributed by atoms with E-state index < -0.39 is 10.0 Å². The minimum atomic E-state index is -3.62. The Morgan fingerprint density at radius 1 is 1.19 bits per heavy atom. The van der Waals surface area contributed by atoms with Gasteiger partial charge in [0.05, 0.1) is 4.90 Å². The third-order valence-electron chi connectivity index (χ3n) is 4.45. The van der Waals surface area contributed by atoms with E-state index in [4.69, 9.17) is 0 Å². The lowest BCUT2D eigenvalue weighted by molar-refractivity contribution is -0.116. The van der Waals surface area contributed by atoms with Crippen molar-refractivity contribution in [1.82, 2.24) is 14.9 Å². The molecule has 0 bridgehead atoms. The third kappa shape index (κ3) is 5.33. The Bertz CT molecular complexity index is 909.